The van der Waals surface area contributed by atoms with Gasteiger partial charge >= 0.3 is 0 Å². The van der Waals surface area contributed by atoms with Crippen LogP contribution in [0.1, 0.15) is 24.0 Å². The number of hydrogen-bond acceptors (Lipinski definition) is 4. The molecule has 2 aliphatic heterocycles. The summed E-state index contributed by atoms with van der Waals surface area (Å²) in [6.07, 6.45) is 5.42. The third-order valence-corrected chi connectivity index (χ3v) is 7.65. The van der Waals surface area contributed by atoms with Crippen molar-refractivity contribution in [1.29, 1.82) is 0 Å². The second-order valence-corrected chi connectivity index (χ2v) is 9.65. The largest absolute Gasteiger partial charge is 0.325 e. The van der Waals surface area contributed by atoms with Crippen LogP contribution in [0.25, 0.3) is 32.9 Å². The minimum atomic E-state index is -0.409. The second kappa shape index (κ2) is 7.75. The number of aromatic nitrogens is 3. The van der Waals surface area contributed by atoms with Crippen LogP contribution in [0.4, 0.5) is 5.69 Å². The van der Waals surface area contributed by atoms with Gasteiger partial charge < -0.3 is 10.6 Å². The van der Waals surface area contributed by atoms with Gasteiger partial charge in [0.15, 0.2) is 0 Å². The Morgan fingerprint density at radius 2 is 1.77 bits per heavy atom. The van der Waals surface area contributed by atoms with Crippen molar-refractivity contribution in [2.24, 2.45) is 0 Å². The fourth-order valence-corrected chi connectivity index (χ4v) is 5.72. The first-order valence-corrected chi connectivity index (χ1v) is 12.2. The molecule has 0 bridgehead atoms. The van der Waals surface area contributed by atoms with Crippen molar-refractivity contribution in [3.63, 3.8) is 0 Å². The predicted molar refractivity (Wildman–Crippen MR) is 138 cm³/mol. The van der Waals surface area contributed by atoms with Crippen molar-refractivity contribution < 1.29 is 4.79 Å². The molecule has 0 saturated carbocycles. The average molecular weight is 460 g/mol. The molecule has 3 aromatic carbocycles. The monoisotopic (exact) mass is 459 g/mol. The average Bonchev–Trinajstić information content (AvgIpc) is 3.42. The number of nitrogens with zero attached hydrogens (tertiary/aromatic N) is 3. The third kappa shape index (κ3) is 3.25. The molecular weight excluding hydrogens is 434 g/mol. The summed E-state index contributed by atoms with van der Waals surface area (Å²) in [5.41, 5.74) is 7.24. The highest BCUT2D eigenvalue weighted by atomic mass is 16.2. The lowest BCUT2D eigenvalue weighted by Gasteiger charge is -2.32. The number of carbonyl (C=O) groups is 1. The van der Waals surface area contributed by atoms with Crippen LogP contribution < -0.4 is 10.6 Å². The summed E-state index contributed by atoms with van der Waals surface area (Å²) in [7, 11) is 0. The molecule has 1 spiro atoms. The Morgan fingerprint density at radius 3 is 2.69 bits per heavy atom. The number of rotatable bonds is 3. The summed E-state index contributed by atoms with van der Waals surface area (Å²) < 4.78 is 2.06. The van der Waals surface area contributed by atoms with Crippen molar-refractivity contribution in [3.8, 4) is 11.1 Å². The SMILES string of the molecule is O=C1Nc2ccc(-c3ccc4cnn(Cc5ccc6ncccc6c5)c4c3)cc2C12CCNCC2. The maximum absolute atomic E-state index is 12.9. The Labute approximate surface area is 203 Å². The highest BCUT2D eigenvalue weighted by molar-refractivity contribution is 6.07. The molecule has 35 heavy (non-hydrogen) atoms. The Kier molecular flexibility index (Phi) is 4.51. The van der Waals surface area contributed by atoms with E-state index in [1.807, 2.05) is 18.5 Å². The van der Waals surface area contributed by atoms with Gasteiger partial charge in [-0.2, -0.15) is 5.10 Å². The molecule has 4 heterocycles. The molecule has 2 aromatic heterocycles. The van der Waals surface area contributed by atoms with E-state index in [1.165, 1.54) is 5.56 Å². The van der Waals surface area contributed by atoms with Crippen LogP contribution in [-0.2, 0) is 16.8 Å². The normalized spacial score (nSPS) is 16.6. The van der Waals surface area contributed by atoms with E-state index in [9.17, 15) is 4.79 Å². The first-order valence-electron chi connectivity index (χ1n) is 12.2. The van der Waals surface area contributed by atoms with E-state index in [4.69, 9.17) is 0 Å². The molecule has 1 fully saturated rings. The smallest absolute Gasteiger partial charge is 0.235 e. The van der Waals surface area contributed by atoms with Gasteiger partial charge in [-0.05, 0) is 84.6 Å². The fourth-order valence-electron chi connectivity index (χ4n) is 5.72. The lowest BCUT2D eigenvalue weighted by Crippen LogP contribution is -2.44. The summed E-state index contributed by atoms with van der Waals surface area (Å²) in [6, 6.07) is 23.3. The molecular formula is C29H25N5O. The number of carbonyl (C=O) groups excluding carboxylic acids is 1. The van der Waals surface area contributed by atoms with Crippen molar-refractivity contribution in [2.75, 3.05) is 18.4 Å². The Hall–Kier alpha value is -4.03. The van der Waals surface area contributed by atoms with Crippen molar-refractivity contribution >= 4 is 33.4 Å². The molecule has 2 aliphatic rings. The predicted octanol–water partition coefficient (Wildman–Crippen LogP) is 4.87. The molecule has 0 radical (unpaired) electrons. The summed E-state index contributed by atoms with van der Waals surface area (Å²) in [5, 5.41) is 13.4. The third-order valence-electron chi connectivity index (χ3n) is 7.65. The van der Waals surface area contributed by atoms with Crippen molar-refractivity contribution in [1.82, 2.24) is 20.1 Å². The first kappa shape index (κ1) is 20.4. The molecule has 0 atom stereocenters. The number of hydrogen-bond donors (Lipinski definition) is 2. The molecule has 6 nitrogen and oxygen atoms in total. The van der Waals surface area contributed by atoms with E-state index in [0.29, 0.717) is 6.54 Å². The zero-order valence-electron chi connectivity index (χ0n) is 19.3. The first-order chi connectivity index (χ1) is 17.2. The van der Waals surface area contributed by atoms with Gasteiger partial charge in [-0.15, -0.1) is 0 Å². The lowest BCUT2D eigenvalue weighted by atomic mass is 9.73. The van der Waals surface area contributed by atoms with Crippen molar-refractivity contribution in [2.45, 2.75) is 24.8 Å². The highest BCUT2D eigenvalue weighted by Crippen LogP contribution is 2.45. The van der Waals surface area contributed by atoms with Gasteiger partial charge in [-0.3, -0.25) is 14.5 Å². The number of amides is 1. The fraction of sp³-hybridized carbons (Fsp3) is 0.207. The molecule has 1 saturated heterocycles. The van der Waals surface area contributed by atoms with E-state index in [1.54, 1.807) is 0 Å². The number of nitrogens with one attached hydrogen (secondary N) is 2. The van der Waals surface area contributed by atoms with E-state index in [2.05, 4.69) is 86.1 Å². The molecule has 2 N–H and O–H groups in total. The maximum atomic E-state index is 12.9. The van der Waals surface area contributed by atoms with Crippen LogP contribution in [0, 0.1) is 0 Å². The summed E-state index contributed by atoms with van der Waals surface area (Å²) in [6.45, 7) is 2.43. The van der Waals surface area contributed by atoms with Crippen LogP contribution in [0.15, 0.2) is 79.1 Å². The molecule has 0 aliphatic carbocycles. The van der Waals surface area contributed by atoms with Crippen LogP contribution >= 0.6 is 0 Å². The minimum absolute atomic E-state index is 0.144. The van der Waals surface area contributed by atoms with Gasteiger partial charge in [0.2, 0.25) is 5.91 Å². The molecule has 1 amide bonds. The van der Waals surface area contributed by atoms with Gasteiger partial charge in [-0.25, -0.2) is 0 Å². The van der Waals surface area contributed by atoms with E-state index in [-0.39, 0.29) is 5.91 Å². The Balaban J connectivity index is 1.26. The number of piperidine rings is 1. The van der Waals surface area contributed by atoms with Gasteiger partial charge in [0.25, 0.3) is 0 Å². The van der Waals surface area contributed by atoms with Crippen LogP contribution in [0.3, 0.4) is 0 Å². The quantitative estimate of drug-likeness (QED) is 0.404. The zero-order chi connectivity index (χ0) is 23.4. The van der Waals surface area contributed by atoms with Gasteiger partial charge in [0, 0.05) is 22.7 Å². The lowest BCUT2D eigenvalue weighted by molar-refractivity contribution is -0.121. The number of anilines is 1. The number of fused-ring (bicyclic) bond motifs is 4. The molecule has 6 heteroatoms. The number of benzene rings is 3. The van der Waals surface area contributed by atoms with Gasteiger partial charge in [0.1, 0.15) is 0 Å². The van der Waals surface area contributed by atoms with Crippen LogP contribution in [0.2, 0.25) is 0 Å². The van der Waals surface area contributed by atoms with Gasteiger partial charge in [-0.1, -0.05) is 30.3 Å². The molecule has 172 valence electrons. The second-order valence-electron chi connectivity index (χ2n) is 9.65. The van der Waals surface area contributed by atoms with Gasteiger partial charge in [0.05, 0.1) is 29.2 Å². The molecule has 5 aromatic rings. The number of pyridine rings is 1. The molecule has 0 unspecified atom stereocenters. The van der Waals surface area contributed by atoms with Crippen molar-refractivity contribution in [3.05, 3.63) is 90.3 Å². The maximum Gasteiger partial charge on any atom is 0.235 e. The summed E-state index contributed by atoms with van der Waals surface area (Å²) in [5.74, 6) is 0.144. The van der Waals surface area contributed by atoms with E-state index in [0.717, 1.165) is 70.1 Å². The highest BCUT2D eigenvalue weighted by Gasteiger charge is 2.47. The topological polar surface area (TPSA) is 71.8 Å². The van der Waals surface area contributed by atoms with E-state index >= 15 is 0 Å². The van der Waals surface area contributed by atoms with Crippen LogP contribution in [-0.4, -0.2) is 33.8 Å². The summed E-state index contributed by atoms with van der Waals surface area (Å²) in [4.78, 5) is 17.4. The Morgan fingerprint density at radius 1 is 0.914 bits per heavy atom. The Bertz CT molecular complexity index is 1610. The summed E-state index contributed by atoms with van der Waals surface area (Å²) >= 11 is 0. The standard InChI is InChI=1S/C29H25N5O/c35-28-29(9-12-30-13-10-29)24-15-20(6-8-26(24)33-28)21-4-5-23-17-32-34(27(23)16-21)18-19-3-7-25-22(14-19)2-1-11-31-25/h1-8,11,14-17,30H,9-10,12-13,18H2,(H,33,35). The van der Waals surface area contributed by atoms with E-state index < -0.39 is 5.41 Å². The minimum Gasteiger partial charge on any atom is -0.325 e. The molecule has 7 rings (SSSR count). The van der Waals surface area contributed by atoms with Crippen LogP contribution in [0.5, 0.6) is 0 Å². The zero-order valence-corrected chi connectivity index (χ0v) is 19.3.